The molecule has 0 saturated carbocycles. The number of carbonyl (C=O) groups excluding carboxylic acids is 3. The summed E-state index contributed by atoms with van der Waals surface area (Å²) in [6.45, 7) is 0. The number of fused-ring (bicyclic) bond motifs is 1. The number of hydrogen-bond donors (Lipinski definition) is 1. The maximum Gasteiger partial charge on any atom is 0.262 e. The molecule has 6 heteroatoms. The lowest BCUT2D eigenvalue weighted by Crippen LogP contribution is -2.48. The highest BCUT2D eigenvalue weighted by molar-refractivity contribution is 9.10. The van der Waals surface area contributed by atoms with E-state index >= 15 is 0 Å². The summed E-state index contributed by atoms with van der Waals surface area (Å²) in [4.78, 5) is 40.3. The number of nitrogens with zero attached hydrogens (tertiary/aromatic N) is 1. The normalized spacial score (nSPS) is 13.9. The summed E-state index contributed by atoms with van der Waals surface area (Å²) in [5.74, 6) is -1.32. The van der Waals surface area contributed by atoms with E-state index in [1.807, 2.05) is 42.5 Å². The summed E-state index contributed by atoms with van der Waals surface area (Å²) >= 11 is 3.41. The molecule has 3 aromatic carbocycles. The van der Waals surface area contributed by atoms with Gasteiger partial charge >= 0.3 is 0 Å². The van der Waals surface area contributed by atoms with Gasteiger partial charge in [0.25, 0.3) is 11.8 Å². The number of amides is 3. The molecule has 1 N–H and O–H groups in total. The van der Waals surface area contributed by atoms with Gasteiger partial charge in [-0.25, -0.2) is 0 Å². The third-order valence-corrected chi connectivity index (χ3v) is 5.53. The van der Waals surface area contributed by atoms with Crippen LogP contribution >= 0.6 is 15.9 Å². The smallest absolute Gasteiger partial charge is 0.262 e. The van der Waals surface area contributed by atoms with Gasteiger partial charge in [-0.15, -0.1) is 0 Å². The minimum Gasteiger partial charge on any atom is -0.323 e. The van der Waals surface area contributed by atoms with E-state index in [1.54, 1.807) is 36.4 Å². The van der Waals surface area contributed by atoms with Gasteiger partial charge in [0.2, 0.25) is 5.91 Å². The first-order chi connectivity index (χ1) is 14.1. The van der Waals surface area contributed by atoms with E-state index < -0.39 is 23.8 Å². The monoisotopic (exact) mass is 448 g/mol. The van der Waals surface area contributed by atoms with Crippen LogP contribution < -0.4 is 5.32 Å². The first kappa shape index (κ1) is 19.1. The maximum absolute atomic E-state index is 13.2. The predicted octanol–water partition coefficient (Wildman–Crippen LogP) is 4.30. The van der Waals surface area contributed by atoms with Crippen molar-refractivity contribution in [1.29, 1.82) is 0 Å². The van der Waals surface area contributed by atoms with Gasteiger partial charge in [-0.1, -0.05) is 54.6 Å². The zero-order valence-corrected chi connectivity index (χ0v) is 16.9. The van der Waals surface area contributed by atoms with E-state index in [0.717, 1.165) is 10.5 Å². The van der Waals surface area contributed by atoms with Crippen LogP contribution in [0.15, 0.2) is 83.3 Å². The summed E-state index contributed by atoms with van der Waals surface area (Å²) in [6, 6.07) is 22.2. The van der Waals surface area contributed by atoms with Crippen LogP contribution in [-0.2, 0) is 11.2 Å². The first-order valence-corrected chi connectivity index (χ1v) is 9.92. The molecule has 5 nitrogen and oxygen atoms in total. The van der Waals surface area contributed by atoms with Crippen molar-refractivity contribution in [3.8, 4) is 0 Å². The molecule has 144 valence electrons. The Balaban J connectivity index is 1.69. The van der Waals surface area contributed by atoms with Crippen LogP contribution in [-0.4, -0.2) is 28.7 Å². The third-order valence-electron chi connectivity index (χ3n) is 4.84. The Hall–Kier alpha value is -3.25. The largest absolute Gasteiger partial charge is 0.323 e. The molecule has 1 atom stereocenters. The SMILES string of the molecule is O=C(Nc1ccccc1Br)[C@@H](Cc1ccccc1)N1C(=O)c2ccccc2C1=O. The number of rotatable bonds is 5. The second-order valence-electron chi connectivity index (χ2n) is 6.70. The minimum atomic E-state index is -0.975. The zero-order valence-electron chi connectivity index (χ0n) is 15.3. The number of benzene rings is 3. The van der Waals surface area contributed by atoms with Crippen molar-refractivity contribution in [3.63, 3.8) is 0 Å². The highest BCUT2D eigenvalue weighted by atomic mass is 79.9. The molecule has 0 saturated heterocycles. The van der Waals surface area contributed by atoms with Crippen LogP contribution in [0.1, 0.15) is 26.3 Å². The number of halogens is 1. The van der Waals surface area contributed by atoms with Crippen LogP contribution in [0.4, 0.5) is 5.69 Å². The number of imide groups is 1. The van der Waals surface area contributed by atoms with E-state index in [1.165, 1.54) is 0 Å². The number of carbonyl (C=O) groups is 3. The Morgan fingerprint density at radius 2 is 1.38 bits per heavy atom. The van der Waals surface area contributed by atoms with E-state index in [-0.39, 0.29) is 6.42 Å². The molecule has 3 amide bonds. The van der Waals surface area contributed by atoms with Crippen molar-refractivity contribution in [3.05, 3.63) is 100 Å². The van der Waals surface area contributed by atoms with Crippen LogP contribution in [0.5, 0.6) is 0 Å². The van der Waals surface area contributed by atoms with Gasteiger partial charge in [-0.2, -0.15) is 0 Å². The molecule has 0 bridgehead atoms. The molecule has 0 fully saturated rings. The molecule has 1 aliphatic rings. The van der Waals surface area contributed by atoms with Crippen molar-refractivity contribution in [1.82, 2.24) is 4.90 Å². The van der Waals surface area contributed by atoms with Crippen LogP contribution in [0.25, 0.3) is 0 Å². The first-order valence-electron chi connectivity index (χ1n) is 9.12. The van der Waals surface area contributed by atoms with Gasteiger partial charge in [0.1, 0.15) is 6.04 Å². The lowest BCUT2D eigenvalue weighted by Gasteiger charge is -2.25. The number of para-hydroxylation sites is 1. The molecule has 0 radical (unpaired) electrons. The fourth-order valence-corrected chi connectivity index (χ4v) is 3.79. The van der Waals surface area contributed by atoms with Crippen LogP contribution in [0.3, 0.4) is 0 Å². The summed E-state index contributed by atoms with van der Waals surface area (Å²) in [5, 5.41) is 2.84. The highest BCUT2D eigenvalue weighted by Crippen LogP contribution is 2.28. The highest BCUT2D eigenvalue weighted by Gasteiger charge is 2.42. The Kier molecular flexibility index (Phi) is 5.27. The average Bonchev–Trinajstić information content (AvgIpc) is 2.99. The average molecular weight is 449 g/mol. The molecule has 1 heterocycles. The maximum atomic E-state index is 13.2. The Labute approximate surface area is 176 Å². The predicted molar refractivity (Wildman–Crippen MR) is 114 cm³/mol. The number of hydrogen-bond acceptors (Lipinski definition) is 3. The van der Waals surface area contributed by atoms with Gasteiger partial charge < -0.3 is 5.32 Å². The molecule has 1 aliphatic heterocycles. The summed E-state index contributed by atoms with van der Waals surface area (Å²) in [7, 11) is 0. The Morgan fingerprint density at radius 1 is 0.828 bits per heavy atom. The van der Waals surface area contributed by atoms with Gasteiger partial charge in [-0.3, -0.25) is 19.3 Å². The van der Waals surface area contributed by atoms with E-state index in [0.29, 0.717) is 21.3 Å². The molecular weight excluding hydrogens is 432 g/mol. The zero-order chi connectivity index (χ0) is 20.4. The quantitative estimate of drug-likeness (QED) is 0.591. The lowest BCUT2D eigenvalue weighted by molar-refractivity contribution is -0.119. The minimum absolute atomic E-state index is 0.225. The summed E-state index contributed by atoms with van der Waals surface area (Å²) < 4.78 is 0.717. The molecular formula is C23H17BrN2O3. The van der Waals surface area contributed by atoms with Gasteiger partial charge in [0.05, 0.1) is 16.8 Å². The van der Waals surface area contributed by atoms with Gasteiger partial charge in [0, 0.05) is 10.9 Å². The van der Waals surface area contributed by atoms with Crippen LogP contribution in [0.2, 0.25) is 0 Å². The summed E-state index contributed by atoms with van der Waals surface area (Å²) in [5.41, 5.74) is 2.08. The molecule has 3 aromatic rings. The molecule has 0 unspecified atom stereocenters. The van der Waals surface area contributed by atoms with Crippen LogP contribution in [0, 0.1) is 0 Å². The van der Waals surface area contributed by atoms with Crippen molar-refractivity contribution in [2.45, 2.75) is 12.5 Å². The molecule has 0 aliphatic carbocycles. The van der Waals surface area contributed by atoms with E-state index in [9.17, 15) is 14.4 Å². The Bertz CT molecular complexity index is 1060. The Morgan fingerprint density at radius 3 is 2.00 bits per heavy atom. The standard InChI is InChI=1S/C23H17BrN2O3/c24-18-12-6-7-13-19(18)25-21(27)20(14-15-8-2-1-3-9-15)26-22(28)16-10-4-5-11-17(16)23(26)29/h1-13,20H,14H2,(H,25,27)/t20-/m1/s1. The molecule has 29 heavy (non-hydrogen) atoms. The van der Waals surface area contributed by atoms with Crippen molar-refractivity contribution >= 4 is 39.3 Å². The molecule has 0 spiro atoms. The van der Waals surface area contributed by atoms with Crippen molar-refractivity contribution in [2.75, 3.05) is 5.32 Å². The van der Waals surface area contributed by atoms with Gasteiger partial charge in [0.15, 0.2) is 0 Å². The fraction of sp³-hybridized carbons (Fsp3) is 0.0870. The molecule has 0 aromatic heterocycles. The van der Waals surface area contributed by atoms with E-state index in [2.05, 4.69) is 21.2 Å². The second kappa shape index (κ2) is 8.01. The fourth-order valence-electron chi connectivity index (χ4n) is 3.41. The van der Waals surface area contributed by atoms with Crippen molar-refractivity contribution < 1.29 is 14.4 Å². The lowest BCUT2D eigenvalue weighted by atomic mass is 10.0. The van der Waals surface area contributed by atoms with Crippen molar-refractivity contribution in [2.24, 2.45) is 0 Å². The topological polar surface area (TPSA) is 66.5 Å². The molecule has 4 rings (SSSR count). The third kappa shape index (κ3) is 3.71. The number of nitrogens with one attached hydrogen (secondary N) is 1. The van der Waals surface area contributed by atoms with E-state index in [4.69, 9.17) is 0 Å². The summed E-state index contributed by atoms with van der Waals surface area (Å²) in [6.07, 6.45) is 0.225. The number of anilines is 1. The van der Waals surface area contributed by atoms with Gasteiger partial charge in [-0.05, 0) is 45.8 Å². The second-order valence-corrected chi connectivity index (χ2v) is 7.55.